The molecule has 0 aliphatic heterocycles. The average molecular weight is 357 g/mol. The number of likely N-dealkylation sites (N-methyl/N-ethyl adjacent to an activating group) is 1. The quantitative estimate of drug-likeness (QED) is 0.745. The third-order valence-electron chi connectivity index (χ3n) is 3.76. The van der Waals surface area contributed by atoms with Gasteiger partial charge in [0.2, 0.25) is 5.91 Å². The highest BCUT2D eigenvalue weighted by atomic mass is 35.5. The minimum Gasteiger partial charge on any atom is -0.481 e. The highest BCUT2D eigenvalue weighted by molar-refractivity contribution is 5.94. The molecule has 0 heterocycles. The zero-order valence-electron chi connectivity index (χ0n) is 15.1. The van der Waals surface area contributed by atoms with Crippen LogP contribution in [0.25, 0.3) is 0 Å². The van der Waals surface area contributed by atoms with Crippen molar-refractivity contribution in [3.8, 4) is 0 Å². The Hall–Kier alpha value is -1.59. The number of rotatable bonds is 8. The van der Waals surface area contributed by atoms with Crippen LogP contribution in [0.2, 0.25) is 0 Å². The molecule has 2 N–H and O–H groups in total. The first-order chi connectivity index (χ1) is 10.7. The van der Waals surface area contributed by atoms with Crippen molar-refractivity contribution in [3.63, 3.8) is 0 Å². The van der Waals surface area contributed by atoms with Gasteiger partial charge in [0, 0.05) is 12.2 Å². The Bertz CT molecular complexity index is 533. The van der Waals surface area contributed by atoms with E-state index < -0.39 is 5.97 Å². The Morgan fingerprint density at radius 1 is 1.12 bits per heavy atom. The van der Waals surface area contributed by atoms with Gasteiger partial charge in [0.15, 0.2) is 0 Å². The van der Waals surface area contributed by atoms with Crippen LogP contribution < -0.4 is 5.32 Å². The van der Waals surface area contributed by atoms with Crippen molar-refractivity contribution in [3.05, 3.63) is 29.3 Å². The second-order valence-electron chi connectivity index (χ2n) is 6.55. The fraction of sp³-hybridized carbons (Fsp3) is 0.556. The standard InChI is InChI=1S/C18H28N2O3.ClH/c1-12(2)14-7-6-8-15(13(3)4)18(14)19-16(21)11-20(5)10-9-17(22)23;/h6-8,12-13H,9-11H2,1-5H3,(H,19,21)(H,22,23);1H. The Kier molecular flexibility index (Phi) is 9.63. The third kappa shape index (κ3) is 6.89. The number of carboxylic acid groups (broad SMARTS) is 1. The van der Waals surface area contributed by atoms with E-state index in [1.54, 1.807) is 11.9 Å². The fourth-order valence-corrected chi connectivity index (χ4v) is 2.49. The average Bonchev–Trinajstić information content (AvgIpc) is 2.44. The van der Waals surface area contributed by atoms with Gasteiger partial charge in [-0.25, -0.2) is 0 Å². The van der Waals surface area contributed by atoms with E-state index in [-0.39, 0.29) is 31.3 Å². The number of carboxylic acids is 1. The van der Waals surface area contributed by atoms with Crippen LogP contribution in [0.4, 0.5) is 5.69 Å². The van der Waals surface area contributed by atoms with Gasteiger partial charge in [-0.3, -0.25) is 14.5 Å². The lowest BCUT2D eigenvalue weighted by atomic mass is 9.92. The molecule has 1 aromatic carbocycles. The van der Waals surface area contributed by atoms with Crippen LogP contribution >= 0.6 is 12.4 Å². The molecule has 6 heteroatoms. The second kappa shape index (κ2) is 10.3. The van der Waals surface area contributed by atoms with Gasteiger partial charge >= 0.3 is 5.97 Å². The van der Waals surface area contributed by atoms with Crippen molar-refractivity contribution in [1.82, 2.24) is 4.90 Å². The largest absolute Gasteiger partial charge is 0.481 e. The van der Waals surface area contributed by atoms with Gasteiger partial charge in [0.05, 0.1) is 13.0 Å². The molecule has 0 fully saturated rings. The summed E-state index contributed by atoms with van der Waals surface area (Å²) in [4.78, 5) is 24.6. The van der Waals surface area contributed by atoms with Crippen molar-refractivity contribution in [2.45, 2.75) is 46.0 Å². The highest BCUT2D eigenvalue weighted by Gasteiger charge is 2.16. The summed E-state index contributed by atoms with van der Waals surface area (Å²) in [7, 11) is 1.75. The first-order valence-electron chi connectivity index (χ1n) is 8.05. The summed E-state index contributed by atoms with van der Waals surface area (Å²) < 4.78 is 0. The molecular formula is C18H29ClN2O3. The molecule has 5 nitrogen and oxygen atoms in total. The molecule has 0 saturated carbocycles. The summed E-state index contributed by atoms with van der Waals surface area (Å²) in [6.45, 7) is 8.95. The van der Waals surface area contributed by atoms with E-state index in [1.807, 2.05) is 18.2 Å². The van der Waals surface area contributed by atoms with E-state index in [9.17, 15) is 9.59 Å². The van der Waals surface area contributed by atoms with E-state index >= 15 is 0 Å². The monoisotopic (exact) mass is 356 g/mol. The fourth-order valence-electron chi connectivity index (χ4n) is 2.49. The van der Waals surface area contributed by atoms with Crippen molar-refractivity contribution >= 4 is 30.0 Å². The number of benzene rings is 1. The molecule has 1 aromatic rings. The number of hydrogen-bond donors (Lipinski definition) is 2. The topological polar surface area (TPSA) is 69.6 Å². The van der Waals surface area contributed by atoms with Crippen LogP contribution in [0, 0.1) is 0 Å². The molecule has 1 rings (SSSR count). The highest BCUT2D eigenvalue weighted by Crippen LogP contribution is 2.32. The lowest BCUT2D eigenvalue weighted by Gasteiger charge is -2.21. The number of anilines is 1. The lowest BCUT2D eigenvalue weighted by molar-refractivity contribution is -0.137. The third-order valence-corrected chi connectivity index (χ3v) is 3.76. The number of para-hydroxylation sites is 1. The number of carbonyl (C=O) groups excluding carboxylic acids is 1. The Balaban J connectivity index is 0.00000529. The number of nitrogens with zero attached hydrogens (tertiary/aromatic N) is 1. The van der Waals surface area contributed by atoms with Gasteiger partial charge in [0.25, 0.3) is 0 Å². The lowest BCUT2D eigenvalue weighted by Crippen LogP contribution is -2.32. The smallest absolute Gasteiger partial charge is 0.304 e. The first kappa shape index (κ1) is 22.4. The second-order valence-corrected chi connectivity index (χ2v) is 6.55. The molecule has 24 heavy (non-hydrogen) atoms. The molecule has 0 unspecified atom stereocenters. The van der Waals surface area contributed by atoms with Crippen molar-refractivity contribution in [1.29, 1.82) is 0 Å². The molecule has 0 aliphatic rings. The summed E-state index contributed by atoms with van der Waals surface area (Å²) in [6, 6.07) is 6.11. The van der Waals surface area contributed by atoms with Crippen LogP contribution in [0.5, 0.6) is 0 Å². The van der Waals surface area contributed by atoms with Crippen LogP contribution in [0.1, 0.15) is 57.1 Å². The SMILES string of the molecule is CC(C)c1cccc(C(C)C)c1NC(=O)CN(C)CCC(=O)O.Cl. The van der Waals surface area contributed by atoms with E-state index in [1.165, 1.54) is 0 Å². The summed E-state index contributed by atoms with van der Waals surface area (Å²) in [6.07, 6.45) is 0.0314. The summed E-state index contributed by atoms with van der Waals surface area (Å²) in [5.74, 6) is -0.347. The number of nitrogens with one attached hydrogen (secondary N) is 1. The first-order valence-corrected chi connectivity index (χ1v) is 8.05. The van der Waals surface area contributed by atoms with Crippen molar-refractivity contribution in [2.75, 3.05) is 25.5 Å². The molecule has 0 saturated heterocycles. The number of amides is 1. The number of hydrogen-bond acceptors (Lipinski definition) is 3. The van der Waals surface area contributed by atoms with Gasteiger partial charge in [-0.05, 0) is 30.0 Å². The van der Waals surface area contributed by atoms with Gasteiger partial charge in [-0.1, -0.05) is 45.9 Å². The normalized spacial score (nSPS) is 10.8. The number of carbonyl (C=O) groups is 2. The minimum atomic E-state index is -0.857. The van der Waals surface area contributed by atoms with Crippen LogP contribution in [0.15, 0.2) is 18.2 Å². The molecule has 0 radical (unpaired) electrons. The van der Waals surface area contributed by atoms with Crippen molar-refractivity contribution < 1.29 is 14.7 Å². The van der Waals surface area contributed by atoms with Gasteiger partial charge in [0.1, 0.15) is 0 Å². The van der Waals surface area contributed by atoms with E-state index in [0.29, 0.717) is 18.4 Å². The van der Waals surface area contributed by atoms with Gasteiger partial charge < -0.3 is 10.4 Å². The maximum Gasteiger partial charge on any atom is 0.304 e. The van der Waals surface area contributed by atoms with E-state index in [2.05, 4.69) is 33.0 Å². The van der Waals surface area contributed by atoms with Crippen LogP contribution in [0.3, 0.4) is 0 Å². The van der Waals surface area contributed by atoms with Crippen molar-refractivity contribution in [2.24, 2.45) is 0 Å². The molecule has 0 bridgehead atoms. The predicted molar refractivity (Wildman–Crippen MR) is 100 cm³/mol. The predicted octanol–water partition coefficient (Wildman–Crippen LogP) is 3.70. The molecule has 1 amide bonds. The maximum absolute atomic E-state index is 12.3. The Morgan fingerprint density at radius 3 is 2.04 bits per heavy atom. The molecule has 136 valence electrons. The molecule has 0 aliphatic carbocycles. The molecule has 0 spiro atoms. The molecular weight excluding hydrogens is 328 g/mol. The zero-order chi connectivity index (χ0) is 17.6. The van der Waals surface area contributed by atoms with E-state index in [4.69, 9.17) is 5.11 Å². The van der Waals surface area contributed by atoms with Gasteiger partial charge in [-0.15, -0.1) is 12.4 Å². The van der Waals surface area contributed by atoms with E-state index in [0.717, 1.165) is 16.8 Å². The maximum atomic E-state index is 12.3. The summed E-state index contributed by atoms with van der Waals surface area (Å²) in [5, 5.41) is 11.7. The van der Waals surface area contributed by atoms with Crippen LogP contribution in [-0.4, -0.2) is 42.0 Å². The number of halogens is 1. The Morgan fingerprint density at radius 2 is 1.62 bits per heavy atom. The molecule has 0 aromatic heterocycles. The Labute approximate surface area is 150 Å². The van der Waals surface area contributed by atoms with Crippen LogP contribution in [-0.2, 0) is 9.59 Å². The summed E-state index contributed by atoms with van der Waals surface area (Å²) >= 11 is 0. The minimum absolute atomic E-state index is 0. The molecule has 0 atom stereocenters. The zero-order valence-corrected chi connectivity index (χ0v) is 15.9. The summed E-state index contributed by atoms with van der Waals surface area (Å²) in [5.41, 5.74) is 3.14. The number of aliphatic carboxylic acids is 1. The van der Waals surface area contributed by atoms with Gasteiger partial charge in [-0.2, -0.15) is 0 Å².